The lowest BCUT2D eigenvalue weighted by molar-refractivity contribution is 0.00315. The van der Waals surface area contributed by atoms with Crippen LogP contribution >= 0.6 is 34.2 Å². The van der Waals surface area contributed by atoms with Crippen molar-refractivity contribution in [3.8, 4) is 0 Å². The van der Waals surface area contributed by atoms with Gasteiger partial charge in [0.1, 0.15) is 5.60 Å². The maximum Gasteiger partial charge on any atom is 0.252 e. The van der Waals surface area contributed by atoms with Crippen LogP contribution in [0.4, 0.5) is 0 Å². The van der Waals surface area contributed by atoms with Gasteiger partial charge in [0.15, 0.2) is 0 Å². The van der Waals surface area contributed by atoms with Crippen molar-refractivity contribution in [3.05, 3.63) is 68.3 Å². The van der Waals surface area contributed by atoms with Gasteiger partial charge in [-0.1, -0.05) is 35.9 Å². The first-order chi connectivity index (χ1) is 10.5. The SMILES string of the molecule is COC(C)(CNC(=O)c1ccccc1I)c1cccc(Cl)c1. The second kappa shape index (κ2) is 7.44. The minimum absolute atomic E-state index is 0.115. The number of carbonyl (C=O) groups is 1. The molecule has 0 saturated carbocycles. The van der Waals surface area contributed by atoms with E-state index < -0.39 is 5.60 Å². The molecule has 1 N–H and O–H groups in total. The van der Waals surface area contributed by atoms with E-state index in [1.165, 1.54) is 0 Å². The predicted octanol–water partition coefficient (Wildman–Crippen LogP) is 4.24. The summed E-state index contributed by atoms with van der Waals surface area (Å²) in [5.74, 6) is -0.115. The van der Waals surface area contributed by atoms with Crippen LogP contribution in [0, 0.1) is 3.57 Å². The second-order valence-corrected chi connectivity index (χ2v) is 6.71. The zero-order chi connectivity index (χ0) is 16.2. The van der Waals surface area contributed by atoms with Crippen LogP contribution in [0.5, 0.6) is 0 Å². The number of nitrogens with one attached hydrogen (secondary N) is 1. The lowest BCUT2D eigenvalue weighted by atomic mass is 9.95. The normalized spacial score (nSPS) is 13.5. The van der Waals surface area contributed by atoms with Crippen molar-refractivity contribution in [2.75, 3.05) is 13.7 Å². The van der Waals surface area contributed by atoms with Gasteiger partial charge in [-0.25, -0.2) is 0 Å². The van der Waals surface area contributed by atoms with Crippen LogP contribution in [-0.4, -0.2) is 19.6 Å². The molecule has 0 fully saturated rings. The standard InChI is InChI=1S/C17H17ClINO2/c1-17(22-2,12-6-5-7-13(18)10-12)11-20-16(21)14-8-3-4-9-15(14)19/h3-10H,11H2,1-2H3,(H,20,21). The fraction of sp³-hybridized carbons (Fsp3) is 0.235. The number of hydrogen-bond acceptors (Lipinski definition) is 2. The third-order valence-electron chi connectivity index (χ3n) is 3.59. The van der Waals surface area contributed by atoms with Crippen molar-refractivity contribution in [1.82, 2.24) is 5.32 Å². The molecule has 0 aliphatic carbocycles. The van der Waals surface area contributed by atoms with Crippen LogP contribution in [0.1, 0.15) is 22.8 Å². The Balaban J connectivity index is 2.14. The maximum absolute atomic E-state index is 12.3. The molecule has 0 aliphatic rings. The molecule has 0 aliphatic heterocycles. The number of methoxy groups -OCH3 is 1. The van der Waals surface area contributed by atoms with Crippen LogP contribution in [-0.2, 0) is 10.3 Å². The minimum atomic E-state index is -0.638. The monoisotopic (exact) mass is 429 g/mol. The molecule has 22 heavy (non-hydrogen) atoms. The molecular weight excluding hydrogens is 413 g/mol. The molecule has 2 aromatic rings. The fourth-order valence-corrected chi connectivity index (χ4v) is 2.92. The molecule has 1 unspecified atom stereocenters. The largest absolute Gasteiger partial charge is 0.372 e. The first-order valence-electron chi connectivity index (χ1n) is 6.80. The zero-order valence-corrected chi connectivity index (χ0v) is 15.3. The smallest absolute Gasteiger partial charge is 0.252 e. The molecule has 0 heterocycles. The van der Waals surface area contributed by atoms with Gasteiger partial charge in [-0.05, 0) is 59.3 Å². The van der Waals surface area contributed by atoms with Crippen LogP contribution in [0.15, 0.2) is 48.5 Å². The van der Waals surface area contributed by atoms with E-state index in [1.54, 1.807) is 13.2 Å². The van der Waals surface area contributed by atoms with E-state index in [4.69, 9.17) is 16.3 Å². The van der Waals surface area contributed by atoms with Gasteiger partial charge in [-0.15, -0.1) is 0 Å². The lowest BCUT2D eigenvalue weighted by Crippen LogP contribution is -2.40. The highest BCUT2D eigenvalue weighted by atomic mass is 127. The highest BCUT2D eigenvalue weighted by molar-refractivity contribution is 14.1. The molecule has 2 aromatic carbocycles. The highest BCUT2D eigenvalue weighted by Crippen LogP contribution is 2.26. The van der Waals surface area contributed by atoms with Crippen LogP contribution in [0.2, 0.25) is 5.02 Å². The Morgan fingerprint density at radius 3 is 2.64 bits per heavy atom. The van der Waals surface area contributed by atoms with E-state index in [9.17, 15) is 4.79 Å². The van der Waals surface area contributed by atoms with Crippen molar-refractivity contribution in [2.24, 2.45) is 0 Å². The van der Waals surface area contributed by atoms with Crippen molar-refractivity contribution in [3.63, 3.8) is 0 Å². The van der Waals surface area contributed by atoms with Gasteiger partial charge in [0.05, 0.1) is 12.1 Å². The summed E-state index contributed by atoms with van der Waals surface area (Å²) in [4.78, 5) is 12.3. The minimum Gasteiger partial charge on any atom is -0.372 e. The third-order valence-corrected chi connectivity index (χ3v) is 4.77. The molecule has 3 nitrogen and oxygen atoms in total. The zero-order valence-electron chi connectivity index (χ0n) is 12.4. The quantitative estimate of drug-likeness (QED) is 0.722. The van der Waals surface area contributed by atoms with Gasteiger partial charge >= 0.3 is 0 Å². The Labute approximate surface area is 149 Å². The average Bonchev–Trinajstić information content (AvgIpc) is 2.52. The van der Waals surface area contributed by atoms with Gasteiger partial charge in [-0.2, -0.15) is 0 Å². The Morgan fingerprint density at radius 1 is 1.27 bits per heavy atom. The van der Waals surface area contributed by atoms with E-state index in [-0.39, 0.29) is 5.91 Å². The van der Waals surface area contributed by atoms with Crippen LogP contribution in [0.3, 0.4) is 0 Å². The lowest BCUT2D eigenvalue weighted by Gasteiger charge is -2.29. The molecule has 0 spiro atoms. The number of carbonyl (C=O) groups excluding carboxylic acids is 1. The van der Waals surface area contributed by atoms with Gasteiger partial charge in [-0.3, -0.25) is 4.79 Å². The van der Waals surface area contributed by atoms with Gasteiger partial charge in [0.25, 0.3) is 5.91 Å². The first-order valence-corrected chi connectivity index (χ1v) is 8.26. The van der Waals surface area contributed by atoms with Crippen molar-refractivity contribution in [1.29, 1.82) is 0 Å². The molecule has 0 aromatic heterocycles. The summed E-state index contributed by atoms with van der Waals surface area (Å²) in [6, 6.07) is 14.9. The van der Waals surface area contributed by atoms with Crippen molar-refractivity contribution < 1.29 is 9.53 Å². The van der Waals surface area contributed by atoms with Gasteiger partial charge < -0.3 is 10.1 Å². The molecule has 0 bridgehead atoms. The fourth-order valence-electron chi connectivity index (χ4n) is 2.10. The topological polar surface area (TPSA) is 38.3 Å². The summed E-state index contributed by atoms with van der Waals surface area (Å²) < 4.78 is 6.54. The Kier molecular flexibility index (Phi) is 5.83. The molecule has 1 atom stereocenters. The summed E-state index contributed by atoms with van der Waals surface area (Å²) in [7, 11) is 1.62. The molecule has 5 heteroatoms. The van der Waals surface area contributed by atoms with Gasteiger partial charge in [0, 0.05) is 15.7 Å². The molecule has 1 amide bonds. The van der Waals surface area contributed by atoms with E-state index in [2.05, 4.69) is 27.9 Å². The Hall–Kier alpha value is -1.11. The Bertz CT molecular complexity index is 677. The maximum atomic E-state index is 12.3. The molecule has 0 saturated heterocycles. The summed E-state index contributed by atoms with van der Waals surface area (Å²) in [6.45, 7) is 2.28. The molecule has 116 valence electrons. The van der Waals surface area contributed by atoms with Gasteiger partial charge in [0.2, 0.25) is 0 Å². The first kappa shape index (κ1) is 17.2. The summed E-state index contributed by atoms with van der Waals surface area (Å²) in [6.07, 6.45) is 0. The number of halogens is 2. The third kappa shape index (κ3) is 4.00. The number of rotatable bonds is 5. The molecule has 2 rings (SSSR count). The summed E-state index contributed by atoms with van der Waals surface area (Å²) in [5.41, 5.74) is 0.944. The summed E-state index contributed by atoms with van der Waals surface area (Å²) in [5, 5.41) is 3.58. The second-order valence-electron chi connectivity index (χ2n) is 5.11. The predicted molar refractivity (Wildman–Crippen MR) is 97.3 cm³/mol. The van der Waals surface area contributed by atoms with Crippen LogP contribution < -0.4 is 5.32 Å². The van der Waals surface area contributed by atoms with E-state index >= 15 is 0 Å². The average molecular weight is 430 g/mol. The van der Waals surface area contributed by atoms with Crippen LogP contribution in [0.25, 0.3) is 0 Å². The summed E-state index contributed by atoms with van der Waals surface area (Å²) >= 11 is 8.20. The number of benzene rings is 2. The van der Waals surface area contributed by atoms with E-state index in [0.717, 1.165) is 9.13 Å². The number of hydrogen-bond donors (Lipinski definition) is 1. The van der Waals surface area contributed by atoms with E-state index in [0.29, 0.717) is 17.1 Å². The Morgan fingerprint density at radius 2 is 2.00 bits per heavy atom. The van der Waals surface area contributed by atoms with Crippen molar-refractivity contribution >= 4 is 40.1 Å². The number of ether oxygens (including phenoxy) is 1. The molecule has 0 radical (unpaired) electrons. The highest BCUT2D eigenvalue weighted by Gasteiger charge is 2.27. The molecular formula is C17H17ClINO2. The number of amides is 1. The van der Waals surface area contributed by atoms with E-state index in [1.807, 2.05) is 49.4 Å². The van der Waals surface area contributed by atoms with Crippen molar-refractivity contribution in [2.45, 2.75) is 12.5 Å².